The minimum Gasteiger partial charge on any atom is -0.444 e. The average molecular weight is 456 g/mol. The zero-order chi connectivity index (χ0) is 22.8. The van der Waals surface area contributed by atoms with Gasteiger partial charge in [-0.15, -0.1) is 11.3 Å². The highest BCUT2D eigenvalue weighted by Crippen LogP contribution is 2.16. The van der Waals surface area contributed by atoms with Crippen LogP contribution in [0.25, 0.3) is 0 Å². The van der Waals surface area contributed by atoms with E-state index in [0.29, 0.717) is 6.42 Å². The van der Waals surface area contributed by atoms with Crippen molar-refractivity contribution in [2.75, 3.05) is 0 Å². The lowest BCUT2D eigenvalue weighted by Gasteiger charge is -2.30. The van der Waals surface area contributed by atoms with Gasteiger partial charge in [-0.25, -0.2) is 9.59 Å². The highest BCUT2D eigenvalue weighted by atomic mass is 32.1. The molecule has 0 radical (unpaired) electrons. The minimum absolute atomic E-state index is 0.0654. The first-order chi connectivity index (χ1) is 15.5. The van der Waals surface area contributed by atoms with E-state index in [1.807, 2.05) is 60.7 Å². The van der Waals surface area contributed by atoms with Crippen molar-refractivity contribution in [3.8, 4) is 0 Å². The van der Waals surface area contributed by atoms with Crippen LogP contribution in [0.1, 0.15) is 16.0 Å². The van der Waals surface area contributed by atoms with Gasteiger partial charge in [0.25, 0.3) is 0 Å². The number of rotatable bonds is 10. The molecule has 9 heteroatoms. The number of alkyl carbamates (subject to hydrolysis) is 1. The number of primary amides is 1. The van der Waals surface area contributed by atoms with E-state index in [4.69, 9.17) is 15.2 Å². The number of aliphatic hydroxyl groups excluding tert-OH is 1. The standard InChI is InChI=1S/C23H25N3O5S/c24-22(28)31-20(12-17-9-5-2-6-10-17)21(27)19(11-16-7-3-1-4-8-16)26-23(29)30-14-18-13-25-15-32-18/h1-10,13,15,19-21,27H,11-12,14H2,(H2,24,28)(H,26,29). The fraction of sp³-hybridized carbons (Fsp3) is 0.261. The fourth-order valence-corrected chi connectivity index (χ4v) is 3.76. The Labute approximate surface area is 190 Å². The number of carbonyl (C=O) groups excluding carboxylic acids is 2. The molecular weight excluding hydrogens is 430 g/mol. The van der Waals surface area contributed by atoms with Gasteiger partial charge in [0.15, 0.2) is 0 Å². The van der Waals surface area contributed by atoms with Gasteiger partial charge in [0.05, 0.1) is 16.4 Å². The zero-order valence-corrected chi connectivity index (χ0v) is 18.1. The van der Waals surface area contributed by atoms with Crippen molar-refractivity contribution in [1.29, 1.82) is 0 Å². The zero-order valence-electron chi connectivity index (χ0n) is 17.3. The second-order valence-corrected chi connectivity index (χ2v) is 8.11. The quantitative estimate of drug-likeness (QED) is 0.432. The number of amides is 2. The van der Waals surface area contributed by atoms with Gasteiger partial charge in [-0.3, -0.25) is 4.98 Å². The Bertz CT molecular complexity index is 970. The summed E-state index contributed by atoms with van der Waals surface area (Å²) in [4.78, 5) is 28.7. The second kappa shape index (κ2) is 11.8. The van der Waals surface area contributed by atoms with Gasteiger partial charge >= 0.3 is 12.2 Å². The summed E-state index contributed by atoms with van der Waals surface area (Å²) in [5.41, 5.74) is 8.64. The Morgan fingerprint density at radius 2 is 1.66 bits per heavy atom. The number of hydrogen-bond donors (Lipinski definition) is 3. The summed E-state index contributed by atoms with van der Waals surface area (Å²) in [5, 5.41) is 13.8. The Morgan fingerprint density at radius 1 is 1.03 bits per heavy atom. The molecular formula is C23H25N3O5S. The molecule has 168 valence electrons. The van der Waals surface area contributed by atoms with Crippen molar-refractivity contribution in [2.24, 2.45) is 5.73 Å². The van der Waals surface area contributed by atoms with Gasteiger partial charge in [-0.05, 0) is 17.5 Å². The first-order valence-electron chi connectivity index (χ1n) is 10.0. The van der Waals surface area contributed by atoms with E-state index in [0.717, 1.165) is 16.0 Å². The van der Waals surface area contributed by atoms with Crippen molar-refractivity contribution < 1.29 is 24.2 Å². The van der Waals surface area contributed by atoms with Gasteiger partial charge < -0.3 is 25.6 Å². The van der Waals surface area contributed by atoms with Gasteiger partial charge in [0.1, 0.15) is 18.8 Å². The Balaban J connectivity index is 1.75. The maximum Gasteiger partial charge on any atom is 0.407 e. The molecule has 3 atom stereocenters. The van der Waals surface area contributed by atoms with Crippen LogP contribution >= 0.6 is 11.3 Å². The summed E-state index contributed by atoms with van der Waals surface area (Å²) in [6, 6.07) is 17.8. The van der Waals surface area contributed by atoms with Crippen LogP contribution in [0, 0.1) is 0 Å². The number of thiazole rings is 1. The molecule has 4 N–H and O–H groups in total. The van der Waals surface area contributed by atoms with Crippen LogP contribution in [0.15, 0.2) is 72.4 Å². The van der Waals surface area contributed by atoms with Crippen LogP contribution < -0.4 is 11.1 Å². The third-order valence-corrected chi connectivity index (χ3v) is 5.52. The molecule has 8 nitrogen and oxygen atoms in total. The van der Waals surface area contributed by atoms with Crippen LogP contribution in [0.4, 0.5) is 9.59 Å². The number of aromatic nitrogens is 1. The lowest BCUT2D eigenvalue weighted by Crippen LogP contribution is -2.52. The summed E-state index contributed by atoms with van der Waals surface area (Å²) >= 11 is 1.37. The lowest BCUT2D eigenvalue weighted by molar-refractivity contribution is -0.0128. The van der Waals surface area contributed by atoms with Crippen LogP contribution in [0.2, 0.25) is 0 Å². The molecule has 0 saturated carbocycles. The van der Waals surface area contributed by atoms with Gasteiger partial charge in [0, 0.05) is 12.6 Å². The minimum atomic E-state index is -1.24. The number of ether oxygens (including phenoxy) is 2. The van der Waals surface area contributed by atoms with Crippen LogP contribution in [-0.2, 0) is 28.9 Å². The Kier molecular flexibility index (Phi) is 8.59. The van der Waals surface area contributed by atoms with E-state index in [9.17, 15) is 14.7 Å². The Hall–Kier alpha value is -3.43. The second-order valence-electron chi connectivity index (χ2n) is 7.14. The molecule has 3 aromatic rings. The predicted molar refractivity (Wildman–Crippen MR) is 120 cm³/mol. The third kappa shape index (κ3) is 7.36. The van der Waals surface area contributed by atoms with Crippen molar-refractivity contribution in [1.82, 2.24) is 10.3 Å². The largest absolute Gasteiger partial charge is 0.444 e. The highest BCUT2D eigenvalue weighted by molar-refractivity contribution is 7.09. The predicted octanol–water partition coefficient (Wildman–Crippen LogP) is 3.05. The molecule has 0 saturated heterocycles. The molecule has 3 rings (SSSR count). The van der Waals surface area contributed by atoms with Gasteiger partial charge in [-0.1, -0.05) is 60.7 Å². The third-order valence-electron chi connectivity index (χ3n) is 4.77. The highest BCUT2D eigenvalue weighted by Gasteiger charge is 2.32. The number of nitrogens with zero attached hydrogens (tertiary/aromatic N) is 1. The molecule has 32 heavy (non-hydrogen) atoms. The number of hydrogen-bond acceptors (Lipinski definition) is 7. The number of carbonyl (C=O) groups is 2. The van der Waals surface area contributed by atoms with Gasteiger partial charge in [-0.2, -0.15) is 0 Å². The van der Waals surface area contributed by atoms with Crippen molar-refractivity contribution >= 4 is 23.5 Å². The van der Waals surface area contributed by atoms with Crippen LogP contribution in [0.3, 0.4) is 0 Å². The average Bonchev–Trinajstić information content (AvgIpc) is 3.31. The lowest BCUT2D eigenvalue weighted by atomic mass is 9.94. The smallest absolute Gasteiger partial charge is 0.407 e. The molecule has 1 aromatic heterocycles. The molecule has 1 heterocycles. The number of nitrogens with two attached hydrogens (primary N) is 1. The topological polar surface area (TPSA) is 124 Å². The van der Waals surface area contributed by atoms with E-state index < -0.39 is 30.4 Å². The fourth-order valence-electron chi connectivity index (χ4n) is 3.26. The summed E-state index contributed by atoms with van der Waals surface area (Å²) in [5.74, 6) is 0. The maximum absolute atomic E-state index is 12.5. The maximum atomic E-state index is 12.5. The summed E-state index contributed by atoms with van der Waals surface area (Å²) in [7, 11) is 0. The van der Waals surface area contributed by atoms with Gasteiger partial charge in [0.2, 0.25) is 0 Å². The molecule has 0 aliphatic heterocycles. The first kappa shape index (κ1) is 23.2. The molecule has 3 unspecified atom stereocenters. The summed E-state index contributed by atoms with van der Waals surface area (Å²) < 4.78 is 10.5. The molecule has 0 aliphatic rings. The SMILES string of the molecule is NC(=O)OC(Cc1ccccc1)C(O)C(Cc1ccccc1)NC(=O)OCc1cncs1. The molecule has 0 aliphatic carbocycles. The Morgan fingerprint density at radius 3 is 2.22 bits per heavy atom. The van der Waals surface area contributed by atoms with E-state index in [2.05, 4.69) is 10.3 Å². The van der Waals surface area contributed by atoms with Crippen molar-refractivity contribution in [2.45, 2.75) is 37.7 Å². The van der Waals surface area contributed by atoms with Crippen LogP contribution in [-0.4, -0.2) is 40.5 Å². The number of nitrogens with one attached hydrogen (secondary N) is 1. The van der Waals surface area contributed by atoms with E-state index >= 15 is 0 Å². The molecule has 0 fully saturated rings. The van der Waals surface area contributed by atoms with E-state index in [1.54, 1.807) is 11.7 Å². The summed E-state index contributed by atoms with van der Waals surface area (Å²) in [6.45, 7) is 0.0654. The number of aliphatic hydroxyl groups is 1. The first-order valence-corrected chi connectivity index (χ1v) is 10.9. The summed E-state index contributed by atoms with van der Waals surface area (Å²) in [6.07, 6.45) is -1.76. The van der Waals surface area contributed by atoms with Crippen molar-refractivity contribution in [3.63, 3.8) is 0 Å². The monoisotopic (exact) mass is 455 g/mol. The molecule has 2 aromatic carbocycles. The van der Waals surface area contributed by atoms with E-state index in [-0.39, 0.29) is 13.0 Å². The number of benzene rings is 2. The van der Waals surface area contributed by atoms with E-state index in [1.165, 1.54) is 11.3 Å². The van der Waals surface area contributed by atoms with Crippen molar-refractivity contribution in [3.05, 3.63) is 88.4 Å². The molecule has 2 amide bonds. The van der Waals surface area contributed by atoms with Crippen LogP contribution in [0.5, 0.6) is 0 Å². The molecule has 0 spiro atoms. The molecule has 0 bridgehead atoms. The normalized spacial score (nSPS) is 13.5.